The molecule has 0 bridgehead atoms. The van der Waals surface area contributed by atoms with Crippen LogP contribution in [0.4, 0.5) is 0 Å². The van der Waals surface area contributed by atoms with Gasteiger partial charge in [0.1, 0.15) is 0 Å². The number of piperidine rings is 1. The Hall–Kier alpha value is -2.65. The van der Waals surface area contributed by atoms with Gasteiger partial charge in [0.05, 0.1) is 5.71 Å². The van der Waals surface area contributed by atoms with E-state index in [1.54, 1.807) is 4.90 Å². The zero-order chi connectivity index (χ0) is 18.7. The molecule has 0 spiro atoms. The maximum absolute atomic E-state index is 12.2. The molecule has 142 valence electrons. The fraction of sp³-hybridized carbons (Fsp3) is 0.688. The highest BCUT2D eigenvalue weighted by molar-refractivity contribution is 5.93. The first-order chi connectivity index (χ1) is 12.4. The Kier molecular flexibility index (Phi) is 5.38. The number of aromatic nitrogens is 3. The summed E-state index contributed by atoms with van der Waals surface area (Å²) >= 11 is 0. The number of carbonyl (C=O) groups excluding carboxylic acids is 2. The highest BCUT2D eigenvalue weighted by Gasteiger charge is 2.30. The standard InChI is InChI=1S/C16H24N6O4/c1-9(2)11-7-12(26-21-11)14(23)17-8-10-3-5-22(6-4-10)15(24)13-18-16(25)20-19-13/h9-10,12H,3-8H2,1-2H3,(H,17,23)(H2,18,19,20,25). The molecule has 2 aliphatic heterocycles. The highest BCUT2D eigenvalue weighted by Crippen LogP contribution is 2.19. The quantitative estimate of drug-likeness (QED) is 0.669. The number of rotatable bonds is 5. The zero-order valence-electron chi connectivity index (χ0n) is 14.9. The monoisotopic (exact) mass is 364 g/mol. The minimum Gasteiger partial charge on any atom is -0.382 e. The van der Waals surface area contributed by atoms with Gasteiger partial charge in [0.15, 0.2) is 0 Å². The first kappa shape index (κ1) is 18.2. The molecule has 0 saturated carbocycles. The summed E-state index contributed by atoms with van der Waals surface area (Å²) in [6.45, 7) is 5.73. The van der Waals surface area contributed by atoms with Crippen LogP contribution in [0, 0.1) is 11.8 Å². The van der Waals surface area contributed by atoms with E-state index in [0.717, 1.165) is 18.6 Å². The van der Waals surface area contributed by atoms with E-state index in [1.807, 2.05) is 13.8 Å². The lowest BCUT2D eigenvalue weighted by atomic mass is 9.96. The molecule has 10 heteroatoms. The predicted molar refractivity (Wildman–Crippen MR) is 92.6 cm³/mol. The van der Waals surface area contributed by atoms with Gasteiger partial charge in [-0.25, -0.2) is 9.89 Å². The third kappa shape index (κ3) is 4.12. The van der Waals surface area contributed by atoms with Gasteiger partial charge in [-0.3, -0.25) is 14.6 Å². The third-order valence-corrected chi connectivity index (χ3v) is 4.82. The Balaban J connectivity index is 1.40. The number of nitrogens with zero attached hydrogens (tertiary/aromatic N) is 3. The van der Waals surface area contributed by atoms with Crippen molar-refractivity contribution in [3.63, 3.8) is 0 Å². The van der Waals surface area contributed by atoms with E-state index in [2.05, 4.69) is 25.7 Å². The molecule has 0 radical (unpaired) electrons. The number of hydrogen-bond acceptors (Lipinski definition) is 6. The first-order valence-electron chi connectivity index (χ1n) is 8.88. The van der Waals surface area contributed by atoms with E-state index in [9.17, 15) is 14.4 Å². The van der Waals surface area contributed by atoms with Crippen molar-refractivity contribution < 1.29 is 14.4 Å². The van der Waals surface area contributed by atoms with Crippen molar-refractivity contribution in [1.82, 2.24) is 25.4 Å². The van der Waals surface area contributed by atoms with Crippen LogP contribution >= 0.6 is 0 Å². The molecule has 1 aromatic heterocycles. The average Bonchev–Trinajstić information content (AvgIpc) is 3.29. The van der Waals surface area contributed by atoms with Gasteiger partial charge in [0, 0.05) is 26.1 Å². The number of aromatic amines is 2. The summed E-state index contributed by atoms with van der Waals surface area (Å²) in [4.78, 5) is 44.7. The molecule has 1 fully saturated rings. The van der Waals surface area contributed by atoms with Crippen molar-refractivity contribution in [3.05, 3.63) is 16.3 Å². The number of likely N-dealkylation sites (tertiary alicyclic amines) is 1. The topological polar surface area (TPSA) is 133 Å². The van der Waals surface area contributed by atoms with Crippen LogP contribution in [-0.2, 0) is 9.63 Å². The number of hydrogen-bond donors (Lipinski definition) is 3. The summed E-state index contributed by atoms with van der Waals surface area (Å²) in [7, 11) is 0. The number of carbonyl (C=O) groups is 2. The molecule has 1 atom stereocenters. The van der Waals surface area contributed by atoms with E-state index in [-0.39, 0.29) is 23.6 Å². The summed E-state index contributed by atoms with van der Waals surface area (Å²) in [6.07, 6.45) is 1.56. The minimum atomic E-state index is -0.537. The summed E-state index contributed by atoms with van der Waals surface area (Å²) in [5, 5.41) is 12.8. The number of nitrogens with one attached hydrogen (secondary N) is 3. The summed E-state index contributed by atoms with van der Waals surface area (Å²) in [6, 6.07) is 0. The molecular formula is C16H24N6O4. The summed E-state index contributed by atoms with van der Waals surface area (Å²) < 4.78 is 0. The van der Waals surface area contributed by atoms with Gasteiger partial charge in [0.2, 0.25) is 11.9 Å². The second kappa shape index (κ2) is 7.71. The van der Waals surface area contributed by atoms with Crippen LogP contribution in [0.25, 0.3) is 0 Å². The molecule has 0 aliphatic carbocycles. The second-order valence-electron chi connectivity index (χ2n) is 7.04. The molecule has 1 unspecified atom stereocenters. The van der Waals surface area contributed by atoms with Crippen LogP contribution in [0.1, 0.15) is 43.7 Å². The Morgan fingerprint density at radius 1 is 1.35 bits per heavy atom. The van der Waals surface area contributed by atoms with Gasteiger partial charge in [-0.2, -0.15) is 0 Å². The Bertz CT molecular complexity index is 744. The van der Waals surface area contributed by atoms with Gasteiger partial charge in [-0.15, -0.1) is 5.10 Å². The van der Waals surface area contributed by atoms with Crippen molar-refractivity contribution in [1.29, 1.82) is 0 Å². The van der Waals surface area contributed by atoms with Crippen LogP contribution in [0.3, 0.4) is 0 Å². The molecule has 3 rings (SSSR count). The molecule has 0 aromatic carbocycles. The van der Waals surface area contributed by atoms with Crippen LogP contribution in [0.2, 0.25) is 0 Å². The van der Waals surface area contributed by atoms with Crippen molar-refractivity contribution in [3.8, 4) is 0 Å². The fourth-order valence-electron chi connectivity index (χ4n) is 3.10. The molecule has 2 aliphatic rings. The van der Waals surface area contributed by atoms with Gasteiger partial charge >= 0.3 is 5.69 Å². The lowest BCUT2D eigenvalue weighted by molar-refractivity contribution is -0.131. The van der Waals surface area contributed by atoms with Crippen molar-refractivity contribution in [2.75, 3.05) is 19.6 Å². The lowest BCUT2D eigenvalue weighted by Gasteiger charge is -2.31. The largest absolute Gasteiger partial charge is 0.382 e. The second-order valence-corrected chi connectivity index (χ2v) is 7.04. The smallest absolute Gasteiger partial charge is 0.341 e. The average molecular weight is 364 g/mol. The molecule has 2 amide bonds. The third-order valence-electron chi connectivity index (χ3n) is 4.82. The molecule has 1 saturated heterocycles. The maximum Gasteiger partial charge on any atom is 0.341 e. The van der Waals surface area contributed by atoms with Crippen LogP contribution < -0.4 is 11.0 Å². The van der Waals surface area contributed by atoms with Crippen molar-refractivity contribution in [2.24, 2.45) is 17.0 Å². The van der Waals surface area contributed by atoms with E-state index >= 15 is 0 Å². The van der Waals surface area contributed by atoms with Crippen LogP contribution in [-0.4, -0.2) is 63.3 Å². The van der Waals surface area contributed by atoms with Gasteiger partial charge < -0.3 is 15.1 Å². The Morgan fingerprint density at radius 2 is 2.08 bits per heavy atom. The van der Waals surface area contributed by atoms with E-state index in [4.69, 9.17) is 4.84 Å². The molecule has 26 heavy (non-hydrogen) atoms. The van der Waals surface area contributed by atoms with Crippen LogP contribution in [0.5, 0.6) is 0 Å². The number of amides is 2. The van der Waals surface area contributed by atoms with Crippen molar-refractivity contribution >= 4 is 17.5 Å². The normalized spacial score (nSPS) is 20.8. The van der Waals surface area contributed by atoms with Crippen molar-refractivity contribution in [2.45, 2.75) is 39.2 Å². The number of H-pyrrole nitrogens is 2. The SMILES string of the molecule is CC(C)C1=NOC(C(=O)NCC2CCN(C(=O)c3n[nH]c(=O)[nH]3)CC2)C1. The van der Waals surface area contributed by atoms with E-state index in [1.165, 1.54) is 0 Å². The Morgan fingerprint density at radius 3 is 2.65 bits per heavy atom. The van der Waals surface area contributed by atoms with E-state index < -0.39 is 11.8 Å². The minimum absolute atomic E-state index is 0.0288. The predicted octanol–water partition coefficient (Wildman–Crippen LogP) is -0.133. The molecular weight excluding hydrogens is 340 g/mol. The number of oxime groups is 1. The molecule has 10 nitrogen and oxygen atoms in total. The van der Waals surface area contributed by atoms with Crippen LogP contribution in [0.15, 0.2) is 9.95 Å². The maximum atomic E-state index is 12.2. The summed E-state index contributed by atoms with van der Waals surface area (Å²) in [5.41, 5.74) is 0.415. The molecule has 3 heterocycles. The van der Waals surface area contributed by atoms with Gasteiger partial charge in [-0.05, 0) is 24.7 Å². The fourth-order valence-corrected chi connectivity index (χ4v) is 3.10. The lowest BCUT2D eigenvalue weighted by Crippen LogP contribution is -2.43. The van der Waals surface area contributed by atoms with Gasteiger partial charge in [0.25, 0.3) is 11.8 Å². The summed E-state index contributed by atoms with van der Waals surface area (Å²) in [5.74, 6) is 0.175. The molecule has 3 N–H and O–H groups in total. The molecule has 1 aromatic rings. The first-order valence-corrected chi connectivity index (χ1v) is 8.88. The van der Waals surface area contributed by atoms with Gasteiger partial charge in [-0.1, -0.05) is 19.0 Å². The highest BCUT2D eigenvalue weighted by atomic mass is 16.6. The zero-order valence-corrected chi connectivity index (χ0v) is 14.9. The van der Waals surface area contributed by atoms with E-state index in [0.29, 0.717) is 32.0 Å². The Labute approximate surface area is 150 Å².